The summed E-state index contributed by atoms with van der Waals surface area (Å²) in [4.78, 5) is 2.56. The molecule has 1 aromatic rings. The molecule has 21 heavy (non-hydrogen) atoms. The van der Waals surface area contributed by atoms with Crippen LogP contribution >= 0.6 is 0 Å². The van der Waals surface area contributed by atoms with Crippen molar-refractivity contribution in [3.05, 3.63) is 35.9 Å². The number of hydrogen-bond donors (Lipinski definition) is 0. The monoisotopic (exact) mass is 284 g/mol. The zero-order valence-electron chi connectivity index (χ0n) is 13.6. The summed E-state index contributed by atoms with van der Waals surface area (Å²) in [5.41, 5.74) is 1.44. The van der Waals surface area contributed by atoms with Gasteiger partial charge in [-0.2, -0.15) is 5.26 Å². The van der Waals surface area contributed by atoms with Crippen LogP contribution in [0.1, 0.15) is 57.9 Å². The number of rotatable bonds is 5. The summed E-state index contributed by atoms with van der Waals surface area (Å²) in [6.07, 6.45) is 4.47. The van der Waals surface area contributed by atoms with Crippen LogP contribution in [0.5, 0.6) is 0 Å². The SMILES string of the molecule is CCCN(C(C)C)C1CC(c2ccccc2)CCC1C#N. The third-order valence-electron chi connectivity index (χ3n) is 4.82. The summed E-state index contributed by atoms with van der Waals surface area (Å²) < 4.78 is 0. The Hall–Kier alpha value is -1.33. The number of hydrogen-bond acceptors (Lipinski definition) is 2. The van der Waals surface area contributed by atoms with Gasteiger partial charge in [-0.25, -0.2) is 0 Å². The summed E-state index contributed by atoms with van der Waals surface area (Å²) >= 11 is 0. The molecular formula is C19H28N2. The molecule has 114 valence electrons. The second kappa shape index (κ2) is 7.61. The number of benzene rings is 1. The zero-order chi connectivity index (χ0) is 15.2. The lowest BCUT2D eigenvalue weighted by Crippen LogP contribution is -2.47. The highest BCUT2D eigenvalue weighted by Crippen LogP contribution is 2.38. The van der Waals surface area contributed by atoms with Crippen LogP contribution in [-0.4, -0.2) is 23.5 Å². The smallest absolute Gasteiger partial charge is 0.0672 e. The molecule has 1 aromatic carbocycles. The van der Waals surface area contributed by atoms with Crippen LogP contribution in [0.15, 0.2) is 30.3 Å². The van der Waals surface area contributed by atoms with Crippen LogP contribution in [0.3, 0.4) is 0 Å². The summed E-state index contributed by atoms with van der Waals surface area (Å²) in [7, 11) is 0. The molecule has 3 atom stereocenters. The third kappa shape index (κ3) is 3.86. The van der Waals surface area contributed by atoms with Gasteiger partial charge >= 0.3 is 0 Å². The fourth-order valence-electron chi connectivity index (χ4n) is 3.76. The van der Waals surface area contributed by atoms with Gasteiger partial charge in [0.25, 0.3) is 0 Å². The molecule has 0 N–H and O–H groups in total. The molecule has 0 spiro atoms. The van der Waals surface area contributed by atoms with Gasteiger partial charge < -0.3 is 0 Å². The number of nitriles is 1. The first-order valence-electron chi connectivity index (χ1n) is 8.37. The summed E-state index contributed by atoms with van der Waals surface area (Å²) in [5, 5.41) is 9.54. The average Bonchev–Trinajstić information content (AvgIpc) is 2.52. The molecule has 0 bridgehead atoms. The normalized spacial score (nSPS) is 26.0. The Kier molecular flexibility index (Phi) is 5.82. The lowest BCUT2D eigenvalue weighted by atomic mass is 9.75. The molecule has 1 aliphatic carbocycles. The van der Waals surface area contributed by atoms with Crippen LogP contribution in [0.4, 0.5) is 0 Å². The van der Waals surface area contributed by atoms with Gasteiger partial charge in [0.2, 0.25) is 0 Å². The van der Waals surface area contributed by atoms with E-state index in [-0.39, 0.29) is 5.92 Å². The number of nitrogens with zero attached hydrogens (tertiary/aromatic N) is 2. The van der Waals surface area contributed by atoms with Crippen molar-refractivity contribution in [2.24, 2.45) is 5.92 Å². The molecule has 1 fully saturated rings. The van der Waals surface area contributed by atoms with Gasteiger partial charge in [0, 0.05) is 12.1 Å². The van der Waals surface area contributed by atoms with Crippen molar-refractivity contribution in [3.63, 3.8) is 0 Å². The van der Waals surface area contributed by atoms with E-state index in [4.69, 9.17) is 0 Å². The molecule has 0 heterocycles. The summed E-state index contributed by atoms with van der Waals surface area (Å²) in [6, 6.07) is 14.3. The van der Waals surface area contributed by atoms with E-state index in [1.54, 1.807) is 0 Å². The molecule has 0 aromatic heterocycles. The molecule has 0 radical (unpaired) electrons. The Morgan fingerprint density at radius 2 is 1.95 bits per heavy atom. The van der Waals surface area contributed by atoms with E-state index in [0.717, 1.165) is 32.2 Å². The molecule has 2 nitrogen and oxygen atoms in total. The Morgan fingerprint density at radius 1 is 1.24 bits per heavy atom. The maximum atomic E-state index is 9.54. The quantitative estimate of drug-likeness (QED) is 0.791. The average molecular weight is 284 g/mol. The van der Waals surface area contributed by atoms with Gasteiger partial charge in [0.15, 0.2) is 0 Å². The van der Waals surface area contributed by atoms with Gasteiger partial charge in [-0.1, -0.05) is 37.3 Å². The fourth-order valence-corrected chi connectivity index (χ4v) is 3.76. The first-order chi connectivity index (χ1) is 10.2. The van der Waals surface area contributed by atoms with E-state index in [1.165, 1.54) is 5.56 Å². The standard InChI is InChI=1S/C19H28N2/c1-4-12-21(15(2)3)19-13-17(10-11-18(19)14-20)16-8-6-5-7-9-16/h5-9,15,17-19H,4,10-13H2,1-3H3. The van der Waals surface area contributed by atoms with Crippen LogP contribution in [0.2, 0.25) is 0 Å². The topological polar surface area (TPSA) is 27.0 Å². The van der Waals surface area contributed by atoms with Crippen molar-refractivity contribution in [3.8, 4) is 6.07 Å². The fraction of sp³-hybridized carbons (Fsp3) is 0.632. The third-order valence-corrected chi connectivity index (χ3v) is 4.82. The Morgan fingerprint density at radius 3 is 2.52 bits per heavy atom. The minimum absolute atomic E-state index is 0.193. The van der Waals surface area contributed by atoms with Crippen molar-refractivity contribution in [1.29, 1.82) is 5.26 Å². The maximum Gasteiger partial charge on any atom is 0.0672 e. The summed E-state index contributed by atoms with van der Waals surface area (Å²) in [6.45, 7) is 7.85. The molecule has 0 amide bonds. The van der Waals surface area contributed by atoms with Crippen LogP contribution in [0.25, 0.3) is 0 Å². The van der Waals surface area contributed by atoms with E-state index in [9.17, 15) is 5.26 Å². The molecule has 0 saturated heterocycles. The second-order valence-electron chi connectivity index (χ2n) is 6.56. The van der Waals surface area contributed by atoms with Crippen molar-refractivity contribution in [2.45, 2.75) is 64.5 Å². The molecule has 3 unspecified atom stereocenters. The Bertz CT molecular complexity index is 460. The lowest BCUT2D eigenvalue weighted by molar-refractivity contribution is 0.0877. The van der Waals surface area contributed by atoms with E-state index >= 15 is 0 Å². The molecule has 2 heteroatoms. The molecule has 2 rings (SSSR count). The Labute approximate surface area is 129 Å². The van der Waals surface area contributed by atoms with Crippen LogP contribution in [0, 0.1) is 17.2 Å². The van der Waals surface area contributed by atoms with Gasteiger partial charge in [-0.3, -0.25) is 4.90 Å². The minimum Gasteiger partial charge on any atom is -0.297 e. The van der Waals surface area contributed by atoms with Crippen molar-refractivity contribution in [2.75, 3.05) is 6.54 Å². The predicted molar refractivity (Wildman–Crippen MR) is 88.1 cm³/mol. The van der Waals surface area contributed by atoms with Gasteiger partial charge in [0.1, 0.15) is 0 Å². The van der Waals surface area contributed by atoms with Gasteiger partial charge in [-0.15, -0.1) is 0 Å². The van der Waals surface area contributed by atoms with E-state index in [0.29, 0.717) is 18.0 Å². The molecule has 0 aliphatic heterocycles. The van der Waals surface area contributed by atoms with E-state index in [2.05, 4.69) is 62.1 Å². The predicted octanol–water partition coefficient (Wildman–Crippen LogP) is 4.58. The largest absolute Gasteiger partial charge is 0.297 e. The molecule has 1 saturated carbocycles. The van der Waals surface area contributed by atoms with E-state index < -0.39 is 0 Å². The van der Waals surface area contributed by atoms with Crippen molar-refractivity contribution >= 4 is 0 Å². The first kappa shape index (κ1) is 16.0. The highest BCUT2D eigenvalue weighted by Gasteiger charge is 2.35. The highest BCUT2D eigenvalue weighted by molar-refractivity contribution is 5.21. The summed E-state index contributed by atoms with van der Waals surface area (Å²) in [5.74, 6) is 0.804. The van der Waals surface area contributed by atoms with Crippen molar-refractivity contribution < 1.29 is 0 Å². The first-order valence-corrected chi connectivity index (χ1v) is 8.37. The molecule has 1 aliphatic rings. The highest BCUT2D eigenvalue weighted by atomic mass is 15.2. The molecular weight excluding hydrogens is 256 g/mol. The van der Waals surface area contributed by atoms with E-state index in [1.807, 2.05) is 0 Å². The van der Waals surface area contributed by atoms with Gasteiger partial charge in [0.05, 0.1) is 12.0 Å². The zero-order valence-corrected chi connectivity index (χ0v) is 13.6. The van der Waals surface area contributed by atoms with Gasteiger partial charge in [-0.05, 0) is 57.6 Å². The van der Waals surface area contributed by atoms with Crippen molar-refractivity contribution in [1.82, 2.24) is 4.90 Å². The lowest BCUT2D eigenvalue weighted by Gasteiger charge is -2.42. The Balaban J connectivity index is 2.17. The minimum atomic E-state index is 0.193. The van der Waals surface area contributed by atoms with Crippen LogP contribution in [-0.2, 0) is 0 Å². The second-order valence-corrected chi connectivity index (χ2v) is 6.56. The van der Waals surface area contributed by atoms with Crippen LogP contribution < -0.4 is 0 Å². The maximum absolute atomic E-state index is 9.54.